The van der Waals surface area contributed by atoms with Gasteiger partial charge in [0.1, 0.15) is 12.2 Å². The van der Waals surface area contributed by atoms with Gasteiger partial charge < -0.3 is 9.88 Å². The van der Waals surface area contributed by atoms with Gasteiger partial charge >= 0.3 is 5.76 Å². The molecule has 11 heteroatoms. The van der Waals surface area contributed by atoms with Gasteiger partial charge in [-0.3, -0.25) is 9.69 Å². The van der Waals surface area contributed by atoms with Crippen molar-refractivity contribution in [1.82, 2.24) is 19.7 Å². The molecule has 2 heterocycles. The van der Waals surface area contributed by atoms with Gasteiger partial charge in [-0.2, -0.15) is 8.78 Å². The van der Waals surface area contributed by atoms with E-state index in [1.54, 1.807) is 6.33 Å². The van der Waals surface area contributed by atoms with Gasteiger partial charge in [-0.05, 0) is 43.7 Å². The van der Waals surface area contributed by atoms with Gasteiger partial charge in [0.25, 0.3) is 0 Å². The van der Waals surface area contributed by atoms with Crippen LogP contribution in [0.1, 0.15) is 24.7 Å². The Kier molecular flexibility index (Phi) is 5.51. The minimum atomic E-state index is -4.65. The first-order chi connectivity index (χ1) is 12.8. The van der Waals surface area contributed by atoms with Crippen LogP contribution in [0.3, 0.4) is 0 Å². The van der Waals surface area contributed by atoms with Crippen LogP contribution in [0.4, 0.5) is 14.5 Å². The number of nitrogens with one attached hydrogen (secondary N) is 1. The molecule has 1 aromatic carbocycles. The van der Waals surface area contributed by atoms with Crippen LogP contribution in [0.5, 0.6) is 0 Å². The summed E-state index contributed by atoms with van der Waals surface area (Å²) in [6.45, 7) is 0.880. The van der Waals surface area contributed by atoms with E-state index in [-0.39, 0.29) is 18.5 Å². The predicted molar refractivity (Wildman–Crippen MR) is 92.8 cm³/mol. The summed E-state index contributed by atoms with van der Waals surface area (Å²) in [5.74, 6) is -2.97. The zero-order valence-electron chi connectivity index (χ0n) is 14.5. The summed E-state index contributed by atoms with van der Waals surface area (Å²) in [4.78, 5) is 13.8. The number of aromatic nitrogens is 3. The largest absolute Gasteiger partial charge is 0.341 e. The van der Waals surface area contributed by atoms with E-state index in [0.717, 1.165) is 37.3 Å². The van der Waals surface area contributed by atoms with Gasteiger partial charge in [0.05, 0.1) is 17.5 Å². The highest BCUT2D eigenvalue weighted by atomic mass is 32.2. The molecular formula is C16H19F2N5O3S. The summed E-state index contributed by atoms with van der Waals surface area (Å²) in [5, 5.41) is 10.6. The van der Waals surface area contributed by atoms with Gasteiger partial charge in [0, 0.05) is 12.7 Å². The first-order valence-electron chi connectivity index (χ1n) is 8.29. The lowest BCUT2D eigenvalue weighted by Gasteiger charge is -2.22. The Morgan fingerprint density at radius 2 is 2.04 bits per heavy atom. The van der Waals surface area contributed by atoms with Crippen molar-refractivity contribution in [3.05, 3.63) is 36.4 Å². The third-order valence-electron chi connectivity index (χ3n) is 4.46. The Bertz CT molecular complexity index is 914. The van der Waals surface area contributed by atoms with Crippen LogP contribution in [-0.4, -0.2) is 52.8 Å². The molecule has 146 valence electrons. The Morgan fingerprint density at radius 1 is 1.33 bits per heavy atom. The predicted octanol–water partition coefficient (Wildman–Crippen LogP) is 1.59. The number of hydrogen-bond donors (Lipinski definition) is 1. The number of rotatable bonds is 6. The quantitative estimate of drug-likeness (QED) is 0.792. The van der Waals surface area contributed by atoms with Crippen LogP contribution < -0.4 is 5.32 Å². The molecular weight excluding hydrogens is 380 g/mol. The number of sulfone groups is 1. The molecule has 1 fully saturated rings. The SMILES string of the molecule is Cn1cnnc1[C@H]1CCCN1CC(=O)Nc1ccc(S(=O)(=O)C(F)F)cc1. The average Bonchev–Trinajstić information content (AvgIpc) is 3.23. The summed E-state index contributed by atoms with van der Waals surface area (Å²) in [6, 6.07) is 4.68. The van der Waals surface area contributed by atoms with E-state index < -0.39 is 20.5 Å². The highest BCUT2D eigenvalue weighted by molar-refractivity contribution is 7.91. The van der Waals surface area contributed by atoms with Crippen LogP contribution in [0.15, 0.2) is 35.5 Å². The lowest BCUT2D eigenvalue weighted by molar-refractivity contribution is -0.117. The van der Waals surface area contributed by atoms with Crippen molar-refractivity contribution in [3.8, 4) is 0 Å². The van der Waals surface area contributed by atoms with Crippen molar-refractivity contribution in [1.29, 1.82) is 0 Å². The summed E-state index contributed by atoms with van der Waals surface area (Å²) in [5.41, 5.74) is 0.336. The molecule has 1 N–H and O–H groups in total. The molecule has 0 radical (unpaired) electrons. The van der Waals surface area contributed by atoms with E-state index in [1.165, 1.54) is 12.1 Å². The highest BCUT2D eigenvalue weighted by Gasteiger charge is 2.31. The molecule has 1 aliphatic heterocycles. The molecule has 8 nitrogen and oxygen atoms in total. The van der Waals surface area contributed by atoms with Crippen LogP contribution in [0.25, 0.3) is 0 Å². The molecule has 3 rings (SSSR count). The Balaban J connectivity index is 1.63. The number of alkyl halides is 2. The number of carbonyl (C=O) groups is 1. The van der Waals surface area contributed by atoms with E-state index in [0.29, 0.717) is 5.69 Å². The van der Waals surface area contributed by atoms with E-state index in [9.17, 15) is 22.0 Å². The normalized spacial score (nSPS) is 18.1. The average molecular weight is 399 g/mol. The van der Waals surface area contributed by atoms with Gasteiger partial charge in [0.2, 0.25) is 15.7 Å². The van der Waals surface area contributed by atoms with Crippen LogP contribution in [-0.2, 0) is 21.7 Å². The van der Waals surface area contributed by atoms with Gasteiger partial charge in [-0.25, -0.2) is 8.42 Å². The molecule has 1 atom stereocenters. The number of aryl methyl sites for hydroxylation is 1. The first-order valence-corrected chi connectivity index (χ1v) is 9.83. The zero-order valence-corrected chi connectivity index (χ0v) is 15.4. The number of carbonyl (C=O) groups excluding carboxylic acids is 1. The van der Waals surface area contributed by atoms with Crippen LogP contribution in [0.2, 0.25) is 0 Å². The minimum absolute atomic E-state index is 0.00168. The van der Waals surface area contributed by atoms with Crippen LogP contribution >= 0.6 is 0 Å². The number of hydrogen-bond acceptors (Lipinski definition) is 6. The first kappa shape index (κ1) is 19.4. The second-order valence-corrected chi connectivity index (χ2v) is 8.22. The van der Waals surface area contributed by atoms with Crippen molar-refractivity contribution < 1.29 is 22.0 Å². The van der Waals surface area contributed by atoms with Crippen molar-refractivity contribution in [2.24, 2.45) is 7.05 Å². The molecule has 1 amide bonds. The fourth-order valence-corrected chi connectivity index (χ4v) is 3.84. The Morgan fingerprint density at radius 3 is 2.63 bits per heavy atom. The third-order valence-corrected chi connectivity index (χ3v) is 5.85. The standard InChI is InChI=1S/C16H19F2N5O3S/c1-22-10-19-21-15(22)13-3-2-8-23(13)9-14(24)20-11-4-6-12(7-5-11)27(25,26)16(17)18/h4-7,10,13,16H,2-3,8-9H2,1H3,(H,20,24)/t13-/m1/s1. The number of nitrogens with zero attached hydrogens (tertiary/aromatic N) is 4. The molecule has 1 saturated heterocycles. The second-order valence-electron chi connectivity index (χ2n) is 6.31. The summed E-state index contributed by atoms with van der Waals surface area (Å²) in [6.07, 6.45) is 3.42. The van der Waals surface area contributed by atoms with Crippen LogP contribution in [0, 0.1) is 0 Å². The lowest BCUT2D eigenvalue weighted by Crippen LogP contribution is -2.33. The monoisotopic (exact) mass is 399 g/mol. The number of anilines is 1. The zero-order chi connectivity index (χ0) is 19.6. The fourth-order valence-electron chi connectivity index (χ4n) is 3.12. The van der Waals surface area contributed by atoms with E-state index in [1.807, 2.05) is 16.5 Å². The summed E-state index contributed by atoms with van der Waals surface area (Å²) < 4.78 is 49.7. The molecule has 0 bridgehead atoms. The van der Waals surface area contributed by atoms with Gasteiger partial charge in [-0.1, -0.05) is 0 Å². The minimum Gasteiger partial charge on any atom is -0.325 e. The highest BCUT2D eigenvalue weighted by Crippen LogP contribution is 2.30. The maximum Gasteiger partial charge on any atom is 0.341 e. The van der Waals surface area contributed by atoms with E-state index in [2.05, 4.69) is 15.5 Å². The molecule has 1 aromatic heterocycles. The lowest BCUT2D eigenvalue weighted by atomic mass is 10.2. The molecule has 1 aliphatic rings. The third kappa shape index (κ3) is 4.14. The van der Waals surface area contributed by atoms with E-state index in [4.69, 9.17) is 0 Å². The molecule has 2 aromatic rings. The summed E-state index contributed by atoms with van der Waals surface area (Å²) >= 11 is 0. The number of benzene rings is 1. The number of amides is 1. The molecule has 0 unspecified atom stereocenters. The molecule has 0 saturated carbocycles. The smallest absolute Gasteiger partial charge is 0.325 e. The van der Waals surface area contributed by atoms with Gasteiger partial charge in [0.15, 0.2) is 0 Å². The fraction of sp³-hybridized carbons (Fsp3) is 0.438. The van der Waals surface area contributed by atoms with Crippen molar-refractivity contribution in [3.63, 3.8) is 0 Å². The maximum absolute atomic E-state index is 12.5. The number of halogens is 2. The maximum atomic E-state index is 12.5. The topological polar surface area (TPSA) is 97.2 Å². The Hall–Kier alpha value is -2.40. The number of likely N-dealkylation sites (tertiary alicyclic amines) is 1. The van der Waals surface area contributed by atoms with Gasteiger partial charge in [-0.15, -0.1) is 10.2 Å². The van der Waals surface area contributed by atoms with Crippen molar-refractivity contribution in [2.75, 3.05) is 18.4 Å². The molecule has 27 heavy (non-hydrogen) atoms. The van der Waals surface area contributed by atoms with Crippen molar-refractivity contribution in [2.45, 2.75) is 29.5 Å². The van der Waals surface area contributed by atoms with E-state index >= 15 is 0 Å². The molecule has 0 aliphatic carbocycles. The second kappa shape index (κ2) is 7.69. The van der Waals surface area contributed by atoms with Crippen molar-refractivity contribution >= 4 is 21.4 Å². The molecule has 0 spiro atoms. The summed E-state index contributed by atoms with van der Waals surface area (Å²) in [7, 11) is -2.80. The Labute approximate surface area is 155 Å².